The molecular weight excluding hydrogens is 416 g/mol. The average Bonchev–Trinajstić information content (AvgIpc) is 2.14. The van der Waals surface area contributed by atoms with Crippen molar-refractivity contribution in [2.45, 2.75) is 4.90 Å². The van der Waals surface area contributed by atoms with Crippen LogP contribution in [0, 0.1) is 0 Å². The van der Waals surface area contributed by atoms with E-state index in [4.69, 9.17) is 11.6 Å². The van der Waals surface area contributed by atoms with Gasteiger partial charge in [-0.15, -0.1) is 0 Å². The van der Waals surface area contributed by atoms with Crippen molar-refractivity contribution in [3.8, 4) is 0 Å². The number of nitrogens with one attached hydrogen (secondary N) is 1. The van der Waals surface area contributed by atoms with Gasteiger partial charge in [0.1, 0.15) is 4.90 Å². The third-order valence-corrected chi connectivity index (χ3v) is 4.55. The van der Waals surface area contributed by atoms with Gasteiger partial charge in [-0.05, 0) is 18.2 Å². The average molecular weight is 424 g/mol. The predicted molar refractivity (Wildman–Crippen MR) is 73.2 cm³/mol. The standard InChI is InChI=1S/C8H8BrClINO2S/c9-6-1-2-8(7(10)5-6)15(13,14)12-4-3-11/h1-2,5,12H,3-4H2. The van der Waals surface area contributed by atoms with Crippen LogP contribution >= 0.6 is 50.1 Å². The zero-order chi connectivity index (χ0) is 11.5. The summed E-state index contributed by atoms with van der Waals surface area (Å²) in [6, 6.07) is 4.67. The third kappa shape index (κ3) is 3.85. The van der Waals surface area contributed by atoms with Gasteiger partial charge in [-0.2, -0.15) is 0 Å². The van der Waals surface area contributed by atoms with Crippen LogP contribution in [-0.4, -0.2) is 19.4 Å². The van der Waals surface area contributed by atoms with Crippen LogP contribution in [0.15, 0.2) is 27.6 Å². The van der Waals surface area contributed by atoms with Crippen LogP contribution in [0.5, 0.6) is 0 Å². The van der Waals surface area contributed by atoms with Gasteiger partial charge >= 0.3 is 0 Å². The van der Waals surface area contributed by atoms with Crippen molar-refractivity contribution in [2.75, 3.05) is 11.0 Å². The molecule has 1 rings (SSSR count). The molecule has 0 aliphatic heterocycles. The Kier molecular flexibility index (Phi) is 5.30. The lowest BCUT2D eigenvalue weighted by Gasteiger charge is -2.07. The molecule has 0 spiro atoms. The molecule has 1 aromatic rings. The molecule has 1 N–H and O–H groups in total. The minimum absolute atomic E-state index is 0.109. The lowest BCUT2D eigenvalue weighted by atomic mass is 10.4. The fourth-order valence-electron chi connectivity index (χ4n) is 0.944. The Morgan fingerprint density at radius 2 is 2.13 bits per heavy atom. The van der Waals surface area contributed by atoms with E-state index in [1.54, 1.807) is 12.1 Å². The molecule has 15 heavy (non-hydrogen) atoms. The van der Waals surface area contributed by atoms with Crippen LogP contribution < -0.4 is 4.72 Å². The molecule has 3 nitrogen and oxygen atoms in total. The topological polar surface area (TPSA) is 46.2 Å². The molecule has 84 valence electrons. The Hall–Kier alpha value is 0.630. The van der Waals surface area contributed by atoms with E-state index in [0.29, 0.717) is 11.0 Å². The molecule has 0 heterocycles. The second-order valence-corrected chi connectivity index (χ2v) is 6.80. The highest BCUT2D eigenvalue weighted by atomic mass is 127. The normalized spacial score (nSPS) is 11.7. The number of benzene rings is 1. The largest absolute Gasteiger partial charge is 0.242 e. The van der Waals surface area contributed by atoms with Gasteiger partial charge in [0.2, 0.25) is 10.0 Å². The number of alkyl halides is 1. The van der Waals surface area contributed by atoms with E-state index in [2.05, 4.69) is 43.2 Å². The summed E-state index contributed by atoms with van der Waals surface area (Å²) in [6.45, 7) is 0.398. The smallest absolute Gasteiger partial charge is 0.210 e. The molecular formula is C8H8BrClINO2S. The molecule has 0 unspecified atom stereocenters. The molecule has 0 aliphatic carbocycles. The van der Waals surface area contributed by atoms with Crippen LogP contribution in [0.1, 0.15) is 0 Å². The Balaban J connectivity index is 3.05. The van der Waals surface area contributed by atoms with E-state index in [1.807, 2.05) is 0 Å². The second-order valence-electron chi connectivity index (χ2n) is 2.66. The highest BCUT2D eigenvalue weighted by Gasteiger charge is 2.16. The summed E-state index contributed by atoms with van der Waals surface area (Å²) in [5.41, 5.74) is 0. The summed E-state index contributed by atoms with van der Waals surface area (Å²) < 4.78 is 27.3. The van der Waals surface area contributed by atoms with Gasteiger partial charge in [0, 0.05) is 15.4 Å². The van der Waals surface area contributed by atoms with Crippen molar-refractivity contribution < 1.29 is 8.42 Å². The highest BCUT2D eigenvalue weighted by molar-refractivity contribution is 14.1. The van der Waals surface area contributed by atoms with Crippen LogP contribution in [0.4, 0.5) is 0 Å². The summed E-state index contributed by atoms with van der Waals surface area (Å²) >= 11 is 11.2. The summed E-state index contributed by atoms with van der Waals surface area (Å²) in [5, 5.41) is 0.213. The Morgan fingerprint density at radius 1 is 1.47 bits per heavy atom. The minimum atomic E-state index is -3.48. The molecule has 0 aromatic heterocycles. The molecule has 0 fully saturated rings. The van der Waals surface area contributed by atoms with Gasteiger partial charge in [0.15, 0.2) is 0 Å². The first-order valence-electron chi connectivity index (χ1n) is 3.98. The minimum Gasteiger partial charge on any atom is -0.210 e. The van der Waals surface area contributed by atoms with Gasteiger partial charge in [0.25, 0.3) is 0 Å². The van der Waals surface area contributed by atoms with Gasteiger partial charge in [-0.3, -0.25) is 0 Å². The number of sulfonamides is 1. The molecule has 1 aromatic carbocycles. The Morgan fingerprint density at radius 3 is 2.67 bits per heavy atom. The van der Waals surface area contributed by atoms with Crippen LogP contribution in [0.2, 0.25) is 5.02 Å². The van der Waals surface area contributed by atoms with E-state index in [1.165, 1.54) is 6.07 Å². The highest BCUT2D eigenvalue weighted by Crippen LogP contribution is 2.24. The summed E-state index contributed by atoms with van der Waals surface area (Å²) in [5.74, 6) is 0. The zero-order valence-corrected chi connectivity index (χ0v) is 12.8. The quantitative estimate of drug-likeness (QED) is 0.597. The number of halogens is 3. The van der Waals surface area contributed by atoms with Gasteiger partial charge in [-0.1, -0.05) is 50.1 Å². The Bertz CT molecular complexity index is 452. The van der Waals surface area contributed by atoms with E-state index in [9.17, 15) is 8.42 Å². The third-order valence-electron chi connectivity index (χ3n) is 1.57. The number of hydrogen-bond acceptors (Lipinski definition) is 2. The fourth-order valence-corrected chi connectivity index (χ4v) is 3.65. The molecule has 0 aliphatic rings. The zero-order valence-electron chi connectivity index (χ0n) is 7.50. The lowest BCUT2D eigenvalue weighted by molar-refractivity contribution is 0.584. The Labute approximate surface area is 116 Å². The maximum absolute atomic E-state index is 11.7. The monoisotopic (exact) mass is 423 g/mol. The van der Waals surface area contributed by atoms with Crippen LogP contribution in [0.25, 0.3) is 0 Å². The molecule has 0 bridgehead atoms. The summed E-state index contributed by atoms with van der Waals surface area (Å²) in [7, 11) is -3.48. The number of hydrogen-bond donors (Lipinski definition) is 1. The molecule has 0 atom stereocenters. The molecule has 0 saturated carbocycles. The molecule has 7 heteroatoms. The van der Waals surface area contributed by atoms with Crippen molar-refractivity contribution in [3.63, 3.8) is 0 Å². The van der Waals surface area contributed by atoms with Crippen molar-refractivity contribution in [1.29, 1.82) is 0 Å². The van der Waals surface area contributed by atoms with Gasteiger partial charge < -0.3 is 0 Å². The van der Waals surface area contributed by atoms with E-state index in [0.717, 1.165) is 4.47 Å². The first-order valence-corrected chi connectivity index (χ1v) is 8.16. The maximum atomic E-state index is 11.7. The predicted octanol–water partition coefficient (Wildman–Crippen LogP) is 2.82. The van der Waals surface area contributed by atoms with E-state index >= 15 is 0 Å². The first-order chi connectivity index (χ1) is 6.97. The van der Waals surface area contributed by atoms with E-state index < -0.39 is 10.0 Å². The van der Waals surface area contributed by atoms with Crippen LogP contribution in [-0.2, 0) is 10.0 Å². The van der Waals surface area contributed by atoms with Gasteiger partial charge in [0.05, 0.1) is 5.02 Å². The second kappa shape index (κ2) is 5.81. The maximum Gasteiger partial charge on any atom is 0.242 e. The fraction of sp³-hybridized carbons (Fsp3) is 0.250. The van der Waals surface area contributed by atoms with Crippen molar-refractivity contribution in [2.24, 2.45) is 0 Å². The summed E-state index contributed by atoms with van der Waals surface area (Å²) in [4.78, 5) is 0.109. The van der Waals surface area contributed by atoms with Crippen molar-refractivity contribution in [1.82, 2.24) is 4.72 Å². The van der Waals surface area contributed by atoms with Crippen molar-refractivity contribution >= 4 is 60.1 Å². The molecule has 0 saturated heterocycles. The number of rotatable bonds is 4. The lowest BCUT2D eigenvalue weighted by Crippen LogP contribution is -2.25. The van der Waals surface area contributed by atoms with Crippen LogP contribution in [0.3, 0.4) is 0 Å². The molecule has 0 radical (unpaired) electrons. The van der Waals surface area contributed by atoms with E-state index in [-0.39, 0.29) is 9.92 Å². The molecule has 0 amide bonds. The summed E-state index contributed by atoms with van der Waals surface area (Å²) in [6.07, 6.45) is 0. The first kappa shape index (κ1) is 13.7. The SMILES string of the molecule is O=S(=O)(NCCI)c1ccc(Br)cc1Cl. The van der Waals surface area contributed by atoms with Crippen molar-refractivity contribution in [3.05, 3.63) is 27.7 Å². The van der Waals surface area contributed by atoms with Gasteiger partial charge in [-0.25, -0.2) is 13.1 Å².